The summed E-state index contributed by atoms with van der Waals surface area (Å²) in [5.41, 5.74) is 5.17. The van der Waals surface area contributed by atoms with Crippen LogP contribution in [0.1, 0.15) is 18.1 Å². The Morgan fingerprint density at radius 1 is 1.10 bits per heavy atom. The zero-order valence-corrected chi connectivity index (χ0v) is 12.4. The summed E-state index contributed by atoms with van der Waals surface area (Å²) >= 11 is 0. The van der Waals surface area contributed by atoms with E-state index in [1.54, 1.807) is 13.3 Å². The van der Waals surface area contributed by atoms with Crippen LogP contribution in [-0.4, -0.2) is 19.9 Å². The monoisotopic (exact) mass is 284 g/mol. The molecule has 1 N–H and O–H groups in total. The van der Waals surface area contributed by atoms with Gasteiger partial charge in [0.25, 0.3) is 0 Å². The molecule has 0 saturated heterocycles. The minimum Gasteiger partial charge on any atom is -0.493 e. The topological polar surface area (TPSA) is 42.8 Å². The maximum absolute atomic E-state index is 5.48. The van der Waals surface area contributed by atoms with Gasteiger partial charge in [0.1, 0.15) is 0 Å². The standard InChI is InChI=1S/C17H20N2O2/c1-3-21-16-10-9-15(11-17(16)20-2)13-19-18-12-14-7-5-4-6-8-14/h4-11,13,18H,3,12H2,1-2H3. The van der Waals surface area contributed by atoms with Crippen molar-refractivity contribution in [3.63, 3.8) is 0 Å². The van der Waals surface area contributed by atoms with E-state index in [2.05, 4.69) is 22.7 Å². The summed E-state index contributed by atoms with van der Waals surface area (Å²) in [5.74, 6) is 1.46. The summed E-state index contributed by atoms with van der Waals surface area (Å²) in [6.07, 6.45) is 1.77. The first-order valence-electron chi connectivity index (χ1n) is 6.94. The third-order valence-electron chi connectivity index (χ3n) is 2.92. The lowest BCUT2D eigenvalue weighted by atomic mass is 10.2. The number of nitrogens with zero attached hydrogens (tertiary/aromatic N) is 1. The molecule has 0 radical (unpaired) electrons. The molecule has 0 saturated carbocycles. The van der Waals surface area contributed by atoms with Gasteiger partial charge in [-0.3, -0.25) is 0 Å². The number of hydrazone groups is 1. The van der Waals surface area contributed by atoms with Gasteiger partial charge in [-0.2, -0.15) is 5.10 Å². The van der Waals surface area contributed by atoms with Crippen LogP contribution in [0.3, 0.4) is 0 Å². The van der Waals surface area contributed by atoms with Crippen molar-refractivity contribution in [3.05, 3.63) is 59.7 Å². The molecule has 0 spiro atoms. The highest BCUT2D eigenvalue weighted by Gasteiger charge is 2.03. The van der Waals surface area contributed by atoms with Gasteiger partial charge in [0.2, 0.25) is 0 Å². The maximum Gasteiger partial charge on any atom is 0.161 e. The van der Waals surface area contributed by atoms with E-state index in [9.17, 15) is 0 Å². The third-order valence-corrected chi connectivity index (χ3v) is 2.92. The molecule has 0 aliphatic rings. The van der Waals surface area contributed by atoms with Crippen molar-refractivity contribution in [1.29, 1.82) is 0 Å². The van der Waals surface area contributed by atoms with Crippen molar-refractivity contribution in [2.24, 2.45) is 5.10 Å². The Labute approximate surface area is 125 Å². The molecule has 0 amide bonds. The second kappa shape index (κ2) is 7.94. The van der Waals surface area contributed by atoms with Crippen molar-refractivity contribution in [2.45, 2.75) is 13.5 Å². The van der Waals surface area contributed by atoms with Crippen LogP contribution >= 0.6 is 0 Å². The van der Waals surface area contributed by atoms with Crippen molar-refractivity contribution in [2.75, 3.05) is 13.7 Å². The van der Waals surface area contributed by atoms with Crippen LogP contribution in [0, 0.1) is 0 Å². The smallest absolute Gasteiger partial charge is 0.161 e. The van der Waals surface area contributed by atoms with Crippen LogP contribution in [0.25, 0.3) is 0 Å². The molecule has 4 heteroatoms. The fourth-order valence-corrected chi connectivity index (χ4v) is 1.89. The van der Waals surface area contributed by atoms with E-state index in [4.69, 9.17) is 9.47 Å². The second-order valence-corrected chi connectivity index (χ2v) is 4.42. The fourth-order valence-electron chi connectivity index (χ4n) is 1.89. The van der Waals surface area contributed by atoms with Gasteiger partial charge in [-0.1, -0.05) is 30.3 Å². The molecule has 0 atom stereocenters. The molecule has 0 aromatic heterocycles. The minimum absolute atomic E-state index is 0.614. The van der Waals surface area contributed by atoms with Crippen LogP contribution in [0.15, 0.2) is 53.6 Å². The third kappa shape index (κ3) is 4.53. The Bertz CT molecular complexity index is 583. The lowest BCUT2D eigenvalue weighted by molar-refractivity contribution is 0.311. The minimum atomic E-state index is 0.614. The van der Waals surface area contributed by atoms with Crippen LogP contribution in [-0.2, 0) is 6.54 Å². The average molecular weight is 284 g/mol. The number of hydrogen-bond donors (Lipinski definition) is 1. The molecule has 0 bridgehead atoms. The number of rotatable bonds is 7. The number of methoxy groups -OCH3 is 1. The quantitative estimate of drug-likeness (QED) is 0.627. The fraction of sp³-hybridized carbons (Fsp3) is 0.235. The molecule has 2 aromatic carbocycles. The summed E-state index contributed by atoms with van der Waals surface area (Å²) in [4.78, 5) is 0. The number of benzene rings is 2. The molecule has 0 aliphatic heterocycles. The van der Waals surface area contributed by atoms with Crippen molar-refractivity contribution in [1.82, 2.24) is 5.43 Å². The predicted molar refractivity (Wildman–Crippen MR) is 85.0 cm³/mol. The molecule has 0 aliphatic carbocycles. The van der Waals surface area contributed by atoms with Gasteiger partial charge in [-0.15, -0.1) is 0 Å². The number of ether oxygens (including phenoxy) is 2. The highest BCUT2D eigenvalue weighted by Crippen LogP contribution is 2.27. The first kappa shape index (κ1) is 14.9. The molecular formula is C17H20N2O2. The molecular weight excluding hydrogens is 264 g/mol. The van der Waals surface area contributed by atoms with Crippen molar-refractivity contribution >= 4 is 6.21 Å². The van der Waals surface area contributed by atoms with Crippen molar-refractivity contribution < 1.29 is 9.47 Å². The van der Waals surface area contributed by atoms with Crippen molar-refractivity contribution in [3.8, 4) is 11.5 Å². The maximum atomic E-state index is 5.48. The first-order valence-corrected chi connectivity index (χ1v) is 6.94. The average Bonchev–Trinajstić information content (AvgIpc) is 2.54. The Morgan fingerprint density at radius 2 is 1.90 bits per heavy atom. The van der Waals surface area contributed by atoms with E-state index < -0.39 is 0 Å². The van der Waals surface area contributed by atoms with Crippen LogP contribution in [0.4, 0.5) is 0 Å². The predicted octanol–water partition coefficient (Wildman–Crippen LogP) is 3.22. The summed E-state index contributed by atoms with van der Waals surface area (Å²) in [6.45, 7) is 3.26. The zero-order valence-electron chi connectivity index (χ0n) is 12.4. The van der Waals surface area contributed by atoms with Gasteiger partial charge in [0, 0.05) is 0 Å². The molecule has 4 nitrogen and oxygen atoms in total. The SMILES string of the molecule is CCOc1ccc(C=NNCc2ccccc2)cc1OC. The molecule has 0 heterocycles. The zero-order chi connectivity index (χ0) is 14.9. The highest BCUT2D eigenvalue weighted by molar-refractivity contribution is 5.80. The second-order valence-electron chi connectivity index (χ2n) is 4.42. The molecule has 21 heavy (non-hydrogen) atoms. The van der Waals surface area contributed by atoms with Gasteiger partial charge in [0.15, 0.2) is 11.5 Å². The summed E-state index contributed by atoms with van der Waals surface area (Å²) in [7, 11) is 1.63. The molecule has 110 valence electrons. The van der Waals surface area contributed by atoms with Crippen LogP contribution in [0.2, 0.25) is 0 Å². The molecule has 2 aromatic rings. The Morgan fingerprint density at radius 3 is 2.62 bits per heavy atom. The van der Waals surface area contributed by atoms with Gasteiger partial charge in [-0.25, -0.2) is 0 Å². The van der Waals surface area contributed by atoms with E-state index in [-0.39, 0.29) is 0 Å². The lowest BCUT2D eigenvalue weighted by Crippen LogP contribution is -2.05. The van der Waals surface area contributed by atoms with E-state index >= 15 is 0 Å². The first-order chi connectivity index (χ1) is 10.3. The largest absolute Gasteiger partial charge is 0.493 e. The number of hydrogen-bond acceptors (Lipinski definition) is 4. The van der Waals surface area contributed by atoms with E-state index in [1.807, 2.05) is 43.3 Å². The summed E-state index contributed by atoms with van der Waals surface area (Å²) in [5, 5.41) is 4.22. The van der Waals surface area contributed by atoms with Gasteiger partial charge in [-0.05, 0) is 36.2 Å². The summed E-state index contributed by atoms with van der Waals surface area (Å²) in [6, 6.07) is 15.9. The van der Waals surface area contributed by atoms with Crippen LogP contribution in [0.5, 0.6) is 11.5 Å². The van der Waals surface area contributed by atoms with E-state index in [1.165, 1.54) is 5.56 Å². The van der Waals surface area contributed by atoms with Gasteiger partial charge >= 0.3 is 0 Å². The van der Waals surface area contributed by atoms with E-state index in [0.717, 1.165) is 11.3 Å². The summed E-state index contributed by atoms with van der Waals surface area (Å²) < 4.78 is 10.8. The van der Waals surface area contributed by atoms with Gasteiger partial charge < -0.3 is 14.9 Å². The van der Waals surface area contributed by atoms with Crippen LogP contribution < -0.4 is 14.9 Å². The molecule has 0 fully saturated rings. The molecule has 0 unspecified atom stereocenters. The molecule has 2 rings (SSSR count). The van der Waals surface area contributed by atoms with E-state index in [0.29, 0.717) is 18.9 Å². The normalized spacial score (nSPS) is 10.6. The highest BCUT2D eigenvalue weighted by atomic mass is 16.5. The van der Waals surface area contributed by atoms with Gasteiger partial charge in [0.05, 0.1) is 26.5 Å². The Kier molecular flexibility index (Phi) is 5.64. The Balaban J connectivity index is 1.94. The number of nitrogens with one attached hydrogen (secondary N) is 1. The lowest BCUT2D eigenvalue weighted by Gasteiger charge is -2.09. The Hall–Kier alpha value is -2.49.